The summed E-state index contributed by atoms with van der Waals surface area (Å²) in [5, 5.41) is 19.0. The van der Waals surface area contributed by atoms with Crippen LogP contribution in [0.3, 0.4) is 0 Å². The molecule has 21 heavy (non-hydrogen) atoms. The fourth-order valence-corrected chi connectivity index (χ4v) is 3.28. The molecule has 1 aromatic heterocycles. The molecule has 0 unspecified atom stereocenters. The summed E-state index contributed by atoms with van der Waals surface area (Å²) < 4.78 is 2.03. The molecule has 0 atom stereocenters. The molecule has 1 aliphatic carbocycles. The van der Waals surface area contributed by atoms with Crippen molar-refractivity contribution < 1.29 is 15.0 Å². The zero-order valence-electron chi connectivity index (χ0n) is 12.1. The summed E-state index contributed by atoms with van der Waals surface area (Å²) in [5.74, 6) is 0.414. The number of carboxylic acid groups (broad SMARTS) is 1. The molecule has 1 aliphatic rings. The fourth-order valence-electron chi connectivity index (χ4n) is 3.28. The molecule has 0 aliphatic heterocycles. The van der Waals surface area contributed by atoms with Gasteiger partial charge in [-0.25, -0.2) is 9.78 Å². The number of carbonyl (C=O) groups is 1. The maximum absolute atomic E-state index is 11.4. The molecule has 5 heteroatoms. The van der Waals surface area contributed by atoms with Crippen molar-refractivity contribution in [3.8, 4) is 0 Å². The average molecular weight is 288 g/mol. The van der Waals surface area contributed by atoms with Crippen LogP contribution in [0.2, 0.25) is 0 Å². The van der Waals surface area contributed by atoms with Gasteiger partial charge >= 0.3 is 5.97 Å². The van der Waals surface area contributed by atoms with E-state index in [9.17, 15) is 15.0 Å². The number of rotatable bonds is 3. The Kier molecular flexibility index (Phi) is 3.68. The van der Waals surface area contributed by atoms with Crippen LogP contribution in [0, 0.1) is 12.8 Å². The smallest absolute Gasteiger partial charge is 0.337 e. The van der Waals surface area contributed by atoms with Crippen molar-refractivity contribution in [1.29, 1.82) is 0 Å². The number of hydrogen-bond donors (Lipinski definition) is 2. The van der Waals surface area contributed by atoms with Gasteiger partial charge in [0.25, 0.3) is 0 Å². The van der Waals surface area contributed by atoms with E-state index in [0.717, 1.165) is 43.6 Å². The lowest BCUT2D eigenvalue weighted by Gasteiger charge is -2.26. The van der Waals surface area contributed by atoms with Crippen molar-refractivity contribution in [3.63, 3.8) is 0 Å². The number of carboxylic acids is 1. The van der Waals surface area contributed by atoms with Crippen LogP contribution >= 0.6 is 0 Å². The van der Waals surface area contributed by atoms with Gasteiger partial charge in [-0.2, -0.15) is 0 Å². The molecule has 1 fully saturated rings. The van der Waals surface area contributed by atoms with Gasteiger partial charge in [-0.1, -0.05) is 6.07 Å². The number of aliphatic hydroxyl groups excluding tert-OH is 1. The average Bonchev–Trinajstić information content (AvgIpc) is 2.77. The molecule has 0 spiro atoms. The molecule has 5 nitrogen and oxygen atoms in total. The summed E-state index contributed by atoms with van der Waals surface area (Å²) in [6.45, 7) is 2.70. The Morgan fingerprint density at radius 2 is 2.05 bits per heavy atom. The third-order valence-electron chi connectivity index (χ3n) is 4.44. The first-order valence-corrected chi connectivity index (χ1v) is 7.43. The molecule has 112 valence electrons. The summed E-state index contributed by atoms with van der Waals surface area (Å²) in [4.78, 5) is 15.9. The van der Waals surface area contributed by atoms with Crippen LogP contribution in [-0.2, 0) is 6.54 Å². The molecule has 0 radical (unpaired) electrons. The maximum Gasteiger partial charge on any atom is 0.337 e. The van der Waals surface area contributed by atoms with Crippen LogP contribution in [0.15, 0.2) is 18.2 Å². The molecule has 1 saturated carbocycles. The van der Waals surface area contributed by atoms with E-state index in [-0.39, 0.29) is 6.10 Å². The van der Waals surface area contributed by atoms with Crippen molar-refractivity contribution in [2.75, 3.05) is 0 Å². The number of fused-ring (bicyclic) bond motifs is 1. The van der Waals surface area contributed by atoms with Crippen molar-refractivity contribution >= 4 is 17.0 Å². The van der Waals surface area contributed by atoms with Gasteiger partial charge in [0, 0.05) is 6.54 Å². The largest absolute Gasteiger partial charge is 0.478 e. The highest BCUT2D eigenvalue weighted by molar-refractivity contribution is 6.01. The van der Waals surface area contributed by atoms with E-state index >= 15 is 0 Å². The highest BCUT2D eigenvalue weighted by Gasteiger charge is 2.22. The molecule has 0 amide bonds. The Balaban J connectivity index is 1.97. The van der Waals surface area contributed by atoms with Crippen LogP contribution in [0.25, 0.3) is 11.0 Å². The Morgan fingerprint density at radius 1 is 1.33 bits per heavy atom. The summed E-state index contributed by atoms with van der Waals surface area (Å²) in [6, 6.07) is 5.22. The minimum Gasteiger partial charge on any atom is -0.478 e. The number of benzene rings is 1. The van der Waals surface area contributed by atoms with Gasteiger partial charge < -0.3 is 14.8 Å². The van der Waals surface area contributed by atoms with E-state index in [1.165, 1.54) is 0 Å². The molecule has 0 saturated heterocycles. The number of aryl methyl sites for hydroxylation is 1. The fraction of sp³-hybridized carbons (Fsp3) is 0.500. The number of hydrogen-bond acceptors (Lipinski definition) is 3. The van der Waals surface area contributed by atoms with Crippen LogP contribution in [0.1, 0.15) is 41.9 Å². The first-order valence-electron chi connectivity index (χ1n) is 7.43. The number of aromatic carboxylic acids is 1. The number of nitrogens with zero attached hydrogens (tertiary/aromatic N) is 2. The molecule has 1 aromatic carbocycles. The predicted molar refractivity (Wildman–Crippen MR) is 79.4 cm³/mol. The minimum absolute atomic E-state index is 0.170. The third-order valence-corrected chi connectivity index (χ3v) is 4.44. The van der Waals surface area contributed by atoms with E-state index in [1.807, 2.05) is 17.6 Å². The summed E-state index contributed by atoms with van der Waals surface area (Å²) in [7, 11) is 0. The quantitative estimate of drug-likeness (QED) is 0.910. The molecule has 1 heterocycles. The predicted octanol–water partition coefficient (Wildman–Crippen LogP) is 2.59. The molecular weight excluding hydrogens is 268 g/mol. The van der Waals surface area contributed by atoms with Crippen LogP contribution in [0.5, 0.6) is 0 Å². The summed E-state index contributed by atoms with van der Waals surface area (Å²) in [6.07, 6.45) is 3.46. The zero-order valence-corrected chi connectivity index (χ0v) is 12.1. The molecule has 2 N–H and O–H groups in total. The monoisotopic (exact) mass is 288 g/mol. The second-order valence-electron chi connectivity index (χ2n) is 5.92. The van der Waals surface area contributed by atoms with Gasteiger partial charge in [0.05, 0.1) is 22.7 Å². The Morgan fingerprint density at radius 3 is 2.71 bits per heavy atom. The maximum atomic E-state index is 11.4. The van der Waals surface area contributed by atoms with Gasteiger partial charge in [-0.05, 0) is 50.7 Å². The number of para-hydroxylation sites is 1. The van der Waals surface area contributed by atoms with Crippen molar-refractivity contribution in [2.24, 2.45) is 5.92 Å². The normalized spacial score (nSPS) is 22.6. The number of aromatic nitrogens is 2. The minimum atomic E-state index is -0.916. The number of aliphatic hydroxyl groups is 1. The van der Waals surface area contributed by atoms with Gasteiger partial charge in [-0.15, -0.1) is 0 Å². The van der Waals surface area contributed by atoms with Gasteiger partial charge in [0.1, 0.15) is 5.82 Å². The van der Waals surface area contributed by atoms with E-state index in [4.69, 9.17) is 0 Å². The van der Waals surface area contributed by atoms with Gasteiger partial charge in [0.2, 0.25) is 0 Å². The lowest BCUT2D eigenvalue weighted by Crippen LogP contribution is -2.22. The topological polar surface area (TPSA) is 75.3 Å². The molecule has 0 bridgehead atoms. The summed E-state index contributed by atoms with van der Waals surface area (Å²) >= 11 is 0. The summed E-state index contributed by atoms with van der Waals surface area (Å²) in [5.41, 5.74) is 1.76. The standard InChI is InChI=1S/C16H20N2O3/c1-10-17-14-4-2-3-13(16(20)21)15(14)18(10)9-11-5-7-12(19)8-6-11/h2-4,11-12,19H,5-9H2,1H3,(H,20,21). The van der Waals surface area contributed by atoms with Crippen LogP contribution in [0.4, 0.5) is 0 Å². The number of imidazole rings is 1. The van der Waals surface area contributed by atoms with Gasteiger partial charge in [0.15, 0.2) is 0 Å². The lowest BCUT2D eigenvalue weighted by molar-refractivity contribution is 0.0698. The Bertz CT molecular complexity index is 669. The SMILES string of the molecule is Cc1nc2cccc(C(=O)O)c2n1CC1CCC(O)CC1. The lowest BCUT2D eigenvalue weighted by atomic mass is 9.87. The highest BCUT2D eigenvalue weighted by atomic mass is 16.4. The van der Waals surface area contributed by atoms with Crippen LogP contribution in [-0.4, -0.2) is 31.8 Å². The molecular formula is C16H20N2O3. The van der Waals surface area contributed by atoms with Crippen molar-refractivity contribution in [3.05, 3.63) is 29.6 Å². The van der Waals surface area contributed by atoms with E-state index in [1.54, 1.807) is 12.1 Å². The second kappa shape index (κ2) is 5.48. The van der Waals surface area contributed by atoms with E-state index < -0.39 is 5.97 Å². The van der Waals surface area contributed by atoms with Crippen molar-refractivity contribution in [2.45, 2.75) is 45.3 Å². The Hall–Kier alpha value is -1.88. The second-order valence-corrected chi connectivity index (χ2v) is 5.92. The third kappa shape index (κ3) is 2.65. The van der Waals surface area contributed by atoms with E-state index in [0.29, 0.717) is 17.0 Å². The van der Waals surface area contributed by atoms with Gasteiger partial charge in [-0.3, -0.25) is 0 Å². The molecule has 3 rings (SSSR count). The Labute approximate surface area is 123 Å². The first kappa shape index (κ1) is 14.1. The van der Waals surface area contributed by atoms with E-state index in [2.05, 4.69) is 4.98 Å². The van der Waals surface area contributed by atoms with Crippen molar-refractivity contribution in [1.82, 2.24) is 9.55 Å². The first-order chi connectivity index (χ1) is 10.1. The molecule has 2 aromatic rings. The van der Waals surface area contributed by atoms with Crippen LogP contribution < -0.4 is 0 Å². The zero-order chi connectivity index (χ0) is 15.0. The highest BCUT2D eigenvalue weighted by Crippen LogP contribution is 2.28.